The topological polar surface area (TPSA) is 69.2 Å². The molecule has 1 atom stereocenters. The normalized spacial score (nSPS) is 20.5. The van der Waals surface area contributed by atoms with Crippen molar-refractivity contribution >= 4 is 11.0 Å². The molecule has 0 bridgehead atoms. The van der Waals surface area contributed by atoms with Crippen LogP contribution in [0.1, 0.15) is 42.6 Å². The van der Waals surface area contributed by atoms with E-state index in [1.807, 2.05) is 0 Å². The quantitative estimate of drug-likeness (QED) is 0.892. The van der Waals surface area contributed by atoms with Crippen molar-refractivity contribution in [2.45, 2.75) is 45.6 Å². The molecule has 21 heavy (non-hydrogen) atoms. The van der Waals surface area contributed by atoms with E-state index in [1.165, 1.54) is 13.2 Å². The third-order valence-electron chi connectivity index (χ3n) is 3.36. The number of aliphatic hydroxyl groups excluding tert-OH is 1. The average molecular weight is 301 g/mol. The van der Waals surface area contributed by atoms with E-state index in [0.29, 0.717) is 5.56 Å². The smallest absolute Gasteiger partial charge is 0.332 e. The minimum atomic E-state index is -2.90. The van der Waals surface area contributed by atoms with Crippen LogP contribution < -0.4 is 11.2 Å². The van der Waals surface area contributed by atoms with Crippen LogP contribution in [0.5, 0.6) is 0 Å². The molecule has 0 radical (unpaired) electrons. The second kappa shape index (κ2) is 5.89. The van der Waals surface area contributed by atoms with Crippen molar-refractivity contribution < 1.29 is 16.1 Å². The Bertz CT molecular complexity index is 1030. The van der Waals surface area contributed by atoms with E-state index in [1.54, 1.807) is 6.92 Å². The molecule has 2 aromatic heterocycles. The fourth-order valence-corrected chi connectivity index (χ4v) is 2.38. The van der Waals surface area contributed by atoms with E-state index >= 15 is 0 Å². The molecule has 0 aliphatic heterocycles. The number of nitrogens with zero attached hydrogens (tertiary/aromatic N) is 3. The highest BCUT2D eigenvalue weighted by Gasteiger charge is 2.15. The number of aryl methyl sites for hydroxylation is 3. The maximum atomic E-state index is 12.8. The van der Waals surface area contributed by atoms with Gasteiger partial charge in [-0.15, -0.1) is 0 Å². The lowest BCUT2D eigenvalue weighted by atomic mass is 10.2. The van der Waals surface area contributed by atoms with Gasteiger partial charge in [0, 0.05) is 37.7 Å². The molecule has 1 N–H and O–H groups in total. The Kier molecular flexibility index (Phi) is 2.24. The monoisotopic (exact) mass is 301 g/mol. The highest BCUT2D eigenvalue weighted by molar-refractivity contribution is 5.79. The maximum Gasteiger partial charge on any atom is 0.332 e. The summed E-state index contributed by atoms with van der Waals surface area (Å²) in [6.07, 6.45) is -3.85. The Morgan fingerprint density at radius 2 is 2.19 bits per heavy atom. The van der Waals surface area contributed by atoms with Gasteiger partial charge in [0.25, 0.3) is 5.56 Å². The SMILES string of the molecule is [2H]C([2H])([2H])C(O)C([2H])([2H])CCCn1c(=O)c2c(C)cn(C([2H])([2H])[2H])c2n(C)c1=O. The lowest BCUT2D eigenvalue weighted by Gasteiger charge is -2.10. The van der Waals surface area contributed by atoms with Crippen LogP contribution in [0.15, 0.2) is 15.8 Å². The molecule has 0 aliphatic rings. The van der Waals surface area contributed by atoms with Crippen LogP contribution in [0.4, 0.5) is 0 Å². The second-order valence-corrected chi connectivity index (χ2v) is 4.89. The van der Waals surface area contributed by atoms with Crippen molar-refractivity contribution in [1.29, 1.82) is 0 Å². The summed E-state index contributed by atoms with van der Waals surface area (Å²) < 4.78 is 62.5. The third kappa shape index (κ3) is 2.81. The van der Waals surface area contributed by atoms with E-state index in [-0.39, 0.29) is 24.0 Å². The second-order valence-electron chi connectivity index (χ2n) is 4.89. The predicted molar refractivity (Wildman–Crippen MR) is 82.7 cm³/mol. The van der Waals surface area contributed by atoms with Gasteiger partial charge in [-0.1, -0.05) is 0 Å². The molecule has 0 saturated carbocycles. The lowest BCUT2D eigenvalue weighted by molar-refractivity contribution is 0.180. The summed E-state index contributed by atoms with van der Waals surface area (Å²) in [5, 5.41) is 9.76. The van der Waals surface area contributed by atoms with E-state index in [4.69, 9.17) is 11.0 Å². The molecule has 0 fully saturated rings. The Balaban J connectivity index is 2.43. The molecule has 2 aromatic rings. The first-order chi connectivity index (χ1) is 13.0. The van der Waals surface area contributed by atoms with E-state index < -0.39 is 44.0 Å². The van der Waals surface area contributed by atoms with Crippen LogP contribution in [0, 0.1) is 6.92 Å². The summed E-state index contributed by atoms with van der Waals surface area (Å²) in [5.41, 5.74) is -1.15. The summed E-state index contributed by atoms with van der Waals surface area (Å²) in [7, 11) is 1.33. The third-order valence-corrected chi connectivity index (χ3v) is 3.36. The van der Waals surface area contributed by atoms with Crippen molar-refractivity contribution in [2.24, 2.45) is 14.0 Å². The van der Waals surface area contributed by atoms with Gasteiger partial charge in [-0.3, -0.25) is 13.9 Å². The molecule has 2 rings (SSSR count). The van der Waals surface area contributed by atoms with Gasteiger partial charge in [0.15, 0.2) is 0 Å². The summed E-state index contributed by atoms with van der Waals surface area (Å²) in [5.74, 6) is 0. The first-order valence-corrected chi connectivity index (χ1v) is 6.50. The molecule has 2 heterocycles. The zero-order valence-electron chi connectivity index (χ0n) is 19.9. The van der Waals surface area contributed by atoms with Crippen LogP contribution in [-0.2, 0) is 20.6 Å². The lowest BCUT2D eigenvalue weighted by Crippen LogP contribution is -2.39. The first-order valence-electron chi connectivity index (χ1n) is 10.5. The van der Waals surface area contributed by atoms with Crippen LogP contribution >= 0.6 is 0 Å². The highest BCUT2D eigenvalue weighted by atomic mass is 16.3. The Morgan fingerprint density at radius 3 is 2.86 bits per heavy atom. The van der Waals surface area contributed by atoms with Gasteiger partial charge >= 0.3 is 5.69 Å². The molecule has 0 aromatic carbocycles. The largest absolute Gasteiger partial charge is 0.393 e. The van der Waals surface area contributed by atoms with Gasteiger partial charge in [0.1, 0.15) is 5.65 Å². The number of aliphatic hydroxyl groups is 1. The Hall–Kier alpha value is -1.82. The van der Waals surface area contributed by atoms with Crippen molar-refractivity contribution in [3.05, 3.63) is 32.6 Å². The van der Waals surface area contributed by atoms with Crippen molar-refractivity contribution in [2.75, 3.05) is 0 Å². The van der Waals surface area contributed by atoms with E-state index in [2.05, 4.69) is 0 Å². The van der Waals surface area contributed by atoms with Gasteiger partial charge in [-0.25, -0.2) is 4.79 Å². The molecular weight excluding hydrogens is 270 g/mol. The summed E-state index contributed by atoms with van der Waals surface area (Å²) in [6, 6.07) is 0. The van der Waals surface area contributed by atoms with Crippen LogP contribution in [0.25, 0.3) is 11.0 Å². The summed E-state index contributed by atoms with van der Waals surface area (Å²) >= 11 is 0. The molecule has 116 valence electrons. The predicted octanol–water partition coefficient (Wildman–Crippen LogP) is 0.898. The molecule has 6 nitrogen and oxygen atoms in total. The van der Waals surface area contributed by atoms with Crippen molar-refractivity contribution in [3.63, 3.8) is 0 Å². The molecule has 0 aliphatic carbocycles. The average Bonchev–Trinajstić information content (AvgIpc) is 2.92. The minimum Gasteiger partial charge on any atom is -0.393 e. The van der Waals surface area contributed by atoms with Gasteiger partial charge in [-0.05, 0) is 38.6 Å². The van der Waals surface area contributed by atoms with Crippen molar-refractivity contribution in [1.82, 2.24) is 13.7 Å². The molecule has 6 heteroatoms. The molecule has 0 amide bonds. The zero-order valence-corrected chi connectivity index (χ0v) is 11.9. The standard InChI is InChI=1S/C15H23N3O3/c1-10-9-16(3)13-12(10)14(20)18(15(21)17(13)4)8-6-5-7-11(2)19/h9,11,19H,5-8H2,1-4H3/i2D3,3D3,7D2. The fraction of sp³-hybridized carbons (Fsp3) is 0.600. The molecule has 0 spiro atoms. The van der Waals surface area contributed by atoms with Gasteiger partial charge in [0.05, 0.1) is 11.5 Å². The Morgan fingerprint density at radius 1 is 1.43 bits per heavy atom. The molecular formula is C15H23N3O3. The summed E-state index contributed by atoms with van der Waals surface area (Å²) in [6.45, 7) is -4.15. The number of fused-ring (bicyclic) bond motifs is 1. The fourth-order valence-electron chi connectivity index (χ4n) is 2.38. The summed E-state index contributed by atoms with van der Waals surface area (Å²) in [4.78, 5) is 25.5. The zero-order chi connectivity index (χ0) is 22.5. The number of hydrogen-bond acceptors (Lipinski definition) is 3. The van der Waals surface area contributed by atoms with Gasteiger partial charge in [-0.2, -0.15) is 0 Å². The number of hydrogen-bond donors (Lipinski definition) is 1. The van der Waals surface area contributed by atoms with E-state index in [0.717, 1.165) is 13.7 Å². The van der Waals surface area contributed by atoms with Crippen LogP contribution in [0.3, 0.4) is 0 Å². The number of aromatic nitrogens is 3. The first kappa shape index (κ1) is 7.98. The highest BCUT2D eigenvalue weighted by Crippen LogP contribution is 2.14. The van der Waals surface area contributed by atoms with Crippen LogP contribution in [0.2, 0.25) is 0 Å². The van der Waals surface area contributed by atoms with Crippen LogP contribution in [-0.4, -0.2) is 24.9 Å². The van der Waals surface area contributed by atoms with Gasteiger partial charge in [0.2, 0.25) is 0 Å². The maximum absolute atomic E-state index is 12.8. The molecule has 0 saturated heterocycles. The Labute approximate surface area is 134 Å². The minimum absolute atomic E-state index is 0.0399. The number of rotatable bonds is 5. The molecule has 1 unspecified atom stereocenters. The van der Waals surface area contributed by atoms with Gasteiger partial charge < -0.3 is 9.67 Å². The van der Waals surface area contributed by atoms with Crippen molar-refractivity contribution in [3.8, 4) is 0 Å². The van der Waals surface area contributed by atoms with E-state index in [9.17, 15) is 14.7 Å².